The second-order valence-electron chi connectivity index (χ2n) is 4.97. The third kappa shape index (κ3) is 2.52. The SMILES string of the molecule is Cc1c(C(=O)N2CCNC(=O)C2)cnn1-c1ccccc1. The summed E-state index contributed by atoms with van der Waals surface area (Å²) in [7, 11) is 0. The Morgan fingerprint density at radius 3 is 2.76 bits per heavy atom. The van der Waals surface area contributed by atoms with Crippen molar-refractivity contribution in [3.63, 3.8) is 0 Å². The average molecular weight is 284 g/mol. The van der Waals surface area contributed by atoms with E-state index in [1.54, 1.807) is 15.8 Å². The van der Waals surface area contributed by atoms with E-state index in [0.717, 1.165) is 11.4 Å². The van der Waals surface area contributed by atoms with Crippen LogP contribution in [0.4, 0.5) is 0 Å². The second kappa shape index (κ2) is 5.40. The average Bonchev–Trinajstić information content (AvgIpc) is 2.89. The molecule has 2 heterocycles. The van der Waals surface area contributed by atoms with Crippen LogP contribution in [0.15, 0.2) is 36.5 Å². The molecular weight excluding hydrogens is 268 g/mol. The van der Waals surface area contributed by atoms with Crippen molar-refractivity contribution in [3.8, 4) is 5.69 Å². The number of piperazine rings is 1. The minimum atomic E-state index is -0.149. The van der Waals surface area contributed by atoms with Gasteiger partial charge in [-0.1, -0.05) is 18.2 Å². The Kier molecular flexibility index (Phi) is 3.43. The van der Waals surface area contributed by atoms with E-state index in [9.17, 15) is 9.59 Å². The Morgan fingerprint density at radius 2 is 2.05 bits per heavy atom. The van der Waals surface area contributed by atoms with Crippen LogP contribution in [0.2, 0.25) is 0 Å². The van der Waals surface area contributed by atoms with Gasteiger partial charge in [0.25, 0.3) is 5.91 Å². The van der Waals surface area contributed by atoms with E-state index < -0.39 is 0 Å². The van der Waals surface area contributed by atoms with Crippen molar-refractivity contribution >= 4 is 11.8 Å². The van der Waals surface area contributed by atoms with Gasteiger partial charge in [-0.15, -0.1) is 0 Å². The normalized spacial score (nSPS) is 14.9. The Labute approximate surface area is 122 Å². The summed E-state index contributed by atoms with van der Waals surface area (Å²) in [6.07, 6.45) is 1.57. The molecule has 0 aliphatic carbocycles. The number of rotatable bonds is 2. The summed E-state index contributed by atoms with van der Waals surface area (Å²) in [5.74, 6) is -0.271. The molecule has 2 aromatic rings. The number of para-hydroxylation sites is 1. The molecule has 1 aromatic carbocycles. The highest BCUT2D eigenvalue weighted by Gasteiger charge is 2.25. The molecule has 0 unspecified atom stereocenters. The third-order valence-corrected chi connectivity index (χ3v) is 3.57. The zero-order valence-corrected chi connectivity index (χ0v) is 11.7. The number of amides is 2. The maximum Gasteiger partial charge on any atom is 0.257 e. The molecule has 0 saturated carbocycles. The highest BCUT2D eigenvalue weighted by Crippen LogP contribution is 2.16. The first-order valence-corrected chi connectivity index (χ1v) is 6.83. The summed E-state index contributed by atoms with van der Waals surface area (Å²) in [6.45, 7) is 2.99. The molecule has 1 fully saturated rings. The number of nitrogens with one attached hydrogen (secondary N) is 1. The van der Waals surface area contributed by atoms with Gasteiger partial charge in [0, 0.05) is 13.1 Å². The van der Waals surface area contributed by atoms with E-state index in [1.165, 1.54) is 0 Å². The number of aromatic nitrogens is 2. The zero-order valence-electron chi connectivity index (χ0n) is 11.7. The lowest BCUT2D eigenvalue weighted by atomic mass is 10.2. The van der Waals surface area contributed by atoms with Crippen molar-refractivity contribution in [2.45, 2.75) is 6.92 Å². The van der Waals surface area contributed by atoms with Gasteiger partial charge < -0.3 is 10.2 Å². The van der Waals surface area contributed by atoms with Crippen LogP contribution in [0.5, 0.6) is 0 Å². The minimum absolute atomic E-state index is 0.106. The first-order chi connectivity index (χ1) is 10.2. The predicted molar refractivity (Wildman–Crippen MR) is 77.2 cm³/mol. The van der Waals surface area contributed by atoms with Gasteiger partial charge in [-0.05, 0) is 19.1 Å². The fourth-order valence-corrected chi connectivity index (χ4v) is 2.43. The van der Waals surface area contributed by atoms with Gasteiger partial charge >= 0.3 is 0 Å². The van der Waals surface area contributed by atoms with Gasteiger partial charge in [0.05, 0.1) is 29.7 Å². The molecule has 1 N–H and O–H groups in total. The van der Waals surface area contributed by atoms with Crippen molar-refractivity contribution in [1.82, 2.24) is 20.0 Å². The van der Waals surface area contributed by atoms with E-state index in [0.29, 0.717) is 18.7 Å². The maximum absolute atomic E-state index is 12.5. The standard InChI is InChI=1S/C15H16N4O2/c1-11-13(15(21)18-8-7-16-14(20)10-18)9-17-19(11)12-5-3-2-4-6-12/h2-6,9H,7-8,10H2,1H3,(H,16,20). The number of carbonyl (C=O) groups is 2. The van der Waals surface area contributed by atoms with Crippen molar-refractivity contribution < 1.29 is 9.59 Å². The summed E-state index contributed by atoms with van der Waals surface area (Å²) in [6, 6.07) is 9.64. The van der Waals surface area contributed by atoms with E-state index >= 15 is 0 Å². The summed E-state index contributed by atoms with van der Waals surface area (Å²) in [5.41, 5.74) is 2.22. The van der Waals surface area contributed by atoms with Crippen molar-refractivity contribution in [3.05, 3.63) is 47.8 Å². The van der Waals surface area contributed by atoms with Crippen LogP contribution in [-0.4, -0.2) is 46.1 Å². The van der Waals surface area contributed by atoms with Crippen LogP contribution >= 0.6 is 0 Å². The van der Waals surface area contributed by atoms with Crippen LogP contribution in [0.25, 0.3) is 5.69 Å². The van der Waals surface area contributed by atoms with Gasteiger partial charge in [-0.2, -0.15) is 5.10 Å². The van der Waals surface area contributed by atoms with Gasteiger partial charge in [-0.3, -0.25) is 9.59 Å². The lowest BCUT2D eigenvalue weighted by Gasteiger charge is -2.26. The lowest BCUT2D eigenvalue weighted by Crippen LogP contribution is -2.50. The monoisotopic (exact) mass is 284 g/mol. The van der Waals surface area contributed by atoms with E-state index in [1.807, 2.05) is 37.3 Å². The lowest BCUT2D eigenvalue weighted by molar-refractivity contribution is -0.123. The molecule has 0 radical (unpaired) electrons. The van der Waals surface area contributed by atoms with Gasteiger partial charge in [-0.25, -0.2) is 4.68 Å². The van der Waals surface area contributed by atoms with Crippen LogP contribution in [-0.2, 0) is 4.79 Å². The molecule has 108 valence electrons. The van der Waals surface area contributed by atoms with E-state index in [2.05, 4.69) is 10.4 Å². The topological polar surface area (TPSA) is 67.2 Å². The highest BCUT2D eigenvalue weighted by molar-refractivity contribution is 5.97. The smallest absolute Gasteiger partial charge is 0.257 e. The van der Waals surface area contributed by atoms with Gasteiger partial charge in [0.2, 0.25) is 5.91 Å². The van der Waals surface area contributed by atoms with Crippen LogP contribution in [0, 0.1) is 6.92 Å². The molecule has 2 amide bonds. The fourth-order valence-electron chi connectivity index (χ4n) is 2.43. The molecule has 6 nitrogen and oxygen atoms in total. The minimum Gasteiger partial charge on any atom is -0.353 e. The molecule has 3 rings (SSSR count). The molecule has 21 heavy (non-hydrogen) atoms. The largest absolute Gasteiger partial charge is 0.353 e. The summed E-state index contributed by atoms with van der Waals surface area (Å²) < 4.78 is 1.73. The second-order valence-corrected chi connectivity index (χ2v) is 4.97. The molecular formula is C15H16N4O2. The first kappa shape index (κ1) is 13.4. The van der Waals surface area contributed by atoms with Crippen LogP contribution in [0.3, 0.4) is 0 Å². The molecule has 1 aliphatic heterocycles. The highest BCUT2D eigenvalue weighted by atomic mass is 16.2. The number of hydrogen-bond donors (Lipinski definition) is 1. The van der Waals surface area contributed by atoms with E-state index in [4.69, 9.17) is 0 Å². The quantitative estimate of drug-likeness (QED) is 0.885. The summed E-state index contributed by atoms with van der Waals surface area (Å²) in [4.78, 5) is 25.5. The number of nitrogens with zero attached hydrogens (tertiary/aromatic N) is 3. The molecule has 0 spiro atoms. The predicted octanol–water partition coefficient (Wildman–Crippen LogP) is 0.753. The zero-order chi connectivity index (χ0) is 14.8. The molecule has 6 heteroatoms. The van der Waals surface area contributed by atoms with E-state index in [-0.39, 0.29) is 18.4 Å². The van der Waals surface area contributed by atoms with Crippen molar-refractivity contribution in [2.75, 3.05) is 19.6 Å². The molecule has 1 aliphatic rings. The molecule has 0 bridgehead atoms. The fraction of sp³-hybridized carbons (Fsp3) is 0.267. The molecule has 1 saturated heterocycles. The van der Waals surface area contributed by atoms with Gasteiger partial charge in [0.15, 0.2) is 0 Å². The third-order valence-electron chi connectivity index (χ3n) is 3.57. The summed E-state index contributed by atoms with van der Waals surface area (Å²) >= 11 is 0. The number of hydrogen-bond acceptors (Lipinski definition) is 3. The number of benzene rings is 1. The molecule has 1 aromatic heterocycles. The Hall–Kier alpha value is -2.63. The van der Waals surface area contributed by atoms with Crippen LogP contribution in [0.1, 0.15) is 16.1 Å². The van der Waals surface area contributed by atoms with Crippen LogP contribution < -0.4 is 5.32 Å². The Balaban J connectivity index is 1.88. The Morgan fingerprint density at radius 1 is 1.29 bits per heavy atom. The first-order valence-electron chi connectivity index (χ1n) is 6.83. The summed E-state index contributed by atoms with van der Waals surface area (Å²) in [5, 5.41) is 7.00. The molecule has 0 atom stereocenters. The van der Waals surface area contributed by atoms with Crippen molar-refractivity contribution in [1.29, 1.82) is 0 Å². The van der Waals surface area contributed by atoms with Gasteiger partial charge in [0.1, 0.15) is 0 Å². The maximum atomic E-state index is 12.5. The Bertz CT molecular complexity index is 678. The number of carbonyl (C=O) groups excluding carboxylic acids is 2. The van der Waals surface area contributed by atoms with Crippen molar-refractivity contribution in [2.24, 2.45) is 0 Å².